The lowest BCUT2D eigenvalue weighted by molar-refractivity contribution is -0.154. The molecule has 0 aliphatic heterocycles. The van der Waals surface area contributed by atoms with Gasteiger partial charge in [-0.3, -0.25) is 9.59 Å². The second-order valence-electron chi connectivity index (χ2n) is 6.87. The number of carbonyl (C=O) groups excluding carboxylic acids is 3. The molecule has 154 valence electrons. The van der Waals surface area contributed by atoms with Crippen molar-refractivity contribution in [3.63, 3.8) is 0 Å². The molecule has 0 saturated carbocycles. The molecule has 1 rings (SSSR count). The third-order valence-corrected chi connectivity index (χ3v) is 4.20. The number of ether oxygens (including phenoxy) is 1. The van der Waals surface area contributed by atoms with Crippen LogP contribution in [-0.4, -0.2) is 48.4 Å². The number of hydrogen-bond donors (Lipinski definition) is 1. The molecule has 2 amide bonds. The second kappa shape index (κ2) is 12.1. The Labute approximate surface area is 171 Å². The van der Waals surface area contributed by atoms with Gasteiger partial charge in [-0.25, -0.2) is 4.79 Å². The molecule has 0 aliphatic carbocycles. The van der Waals surface area contributed by atoms with Gasteiger partial charge in [-0.05, 0) is 25.0 Å². The first kappa shape index (κ1) is 23.6. The molecule has 8 heteroatoms. The summed E-state index contributed by atoms with van der Waals surface area (Å²) in [6.45, 7) is 5.23. The number of nitriles is 2. The summed E-state index contributed by atoms with van der Waals surface area (Å²) in [5.74, 6) is -1.86. The topological polar surface area (TPSA) is 123 Å². The molecular weight excluding hydrogens is 372 g/mol. The number of nitrogens with zero attached hydrogens (tertiary/aromatic N) is 3. The molecular formula is C21H26N4O4. The average molecular weight is 398 g/mol. The SMILES string of the molecule is Cc1ccc(C(=O)N[C@@H](C(=O)OCC(=O)N(CCC#N)CCC#N)C(C)C)cc1. The maximum Gasteiger partial charge on any atom is 0.329 e. The molecule has 0 radical (unpaired) electrons. The molecule has 1 N–H and O–H groups in total. The van der Waals surface area contributed by atoms with E-state index in [1.54, 1.807) is 38.1 Å². The summed E-state index contributed by atoms with van der Waals surface area (Å²) in [5, 5.41) is 20.0. The maximum absolute atomic E-state index is 12.4. The third kappa shape index (κ3) is 8.02. The number of nitrogens with one attached hydrogen (secondary N) is 1. The van der Waals surface area contributed by atoms with Crippen molar-refractivity contribution < 1.29 is 19.1 Å². The van der Waals surface area contributed by atoms with Gasteiger partial charge in [-0.15, -0.1) is 0 Å². The van der Waals surface area contributed by atoms with Crippen LogP contribution in [0.1, 0.15) is 42.6 Å². The van der Waals surface area contributed by atoms with Gasteiger partial charge in [0.2, 0.25) is 0 Å². The second-order valence-corrected chi connectivity index (χ2v) is 6.87. The first-order valence-electron chi connectivity index (χ1n) is 9.36. The minimum absolute atomic E-state index is 0.117. The van der Waals surface area contributed by atoms with Gasteiger partial charge in [-0.2, -0.15) is 10.5 Å². The third-order valence-electron chi connectivity index (χ3n) is 4.20. The van der Waals surface area contributed by atoms with Crippen molar-refractivity contribution in [2.75, 3.05) is 19.7 Å². The predicted molar refractivity (Wildman–Crippen MR) is 105 cm³/mol. The molecule has 29 heavy (non-hydrogen) atoms. The van der Waals surface area contributed by atoms with Gasteiger partial charge in [0.15, 0.2) is 6.61 Å². The molecule has 0 aromatic heterocycles. The van der Waals surface area contributed by atoms with E-state index in [2.05, 4.69) is 5.32 Å². The zero-order valence-electron chi connectivity index (χ0n) is 17.0. The molecule has 0 spiro atoms. The molecule has 0 fully saturated rings. The number of aryl methyl sites for hydroxylation is 1. The fourth-order valence-electron chi connectivity index (χ4n) is 2.47. The molecule has 1 atom stereocenters. The van der Waals surface area contributed by atoms with Crippen LogP contribution in [-0.2, 0) is 14.3 Å². The van der Waals surface area contributed by atoms with E-state index < -0.39 is 30.4 Å². The summed E-state index contributed by atoms with van der Waals surface area (Å²) in [6, 6.07) is 9.89. The van der Waals surface area contributed by atoms with Crippen molar-refractivity contribution in [3.05, 3.63) is 35.4 Å². The van der Waals surface area contributed by atoms with Gasteiger partial charge >= 0.3 is 5.97 Å². The lowest BCUT2D eigenvalue weighted by Gasteiger charge is -2.23. The number of benzene rings is 1. The van der Waals surface area contributed by atoms with Gasteiger partial charge in [0.1, 0.15) is 6.04 Å². The molecule has 0 unspecified atom stereocenters. The number of carbonyl (C=O) groups is 3. The Morgan fingerprint density at radius 3 is 2.10 bits per heavy atom. The fraction of sp³-hybridized carbons (Fsp3) is 0.476. The Morgan fingerprint density at radius 1 is 1.07 bits per heavy atom. The standard InChI is InChI=1S/C21H26N4O4/c1-15(2)19(24-20(27)17-8-6-16(3)7-9-17)21(28)29-14-18(26)25(12-4-10-22)13-5-11-23/h6-9,15,19H,4-5,12-14H2,1-3H3,(H,24,27)/t19-/m1/s1. The van der Waals surface area contributed by atoms with E-state index in [0.29, 0.717) is 5.56 Å². The predicted octanol–water partition coefficient (Wildman–Crippen LogP) is 1.95. The van der Waals surface area contributed by atoms with Crippen LogP contribution in [0.4, 0.5) is 0 Å². The van der Waals surface area contributed by atoms with Gasteiger partial charge in [0.25, 0.3) is 11.8 Å². The maximum atomic E-state index is 12.4. The minimum Gasteiger partial charge on any atom is -0.454 e. The van der Waals surface area contributed by atoms with Crippen molar-refractivity contribution in [2.24, 2.45) is 5.92 Å². The monoisotopic (exact) mass is 398 g/mol. The van der Waals surface area contributed by atoms with E-state index in [0.717, 1.165) is 5.56 Å². The van der Waals surface area contributed by atoms with Crippen LogP contribution in [0.25, 0.3) is 0 Å². The normalized spacial score (nSPS) is 11.1. The van der Waals surface area contributed by atoms with Crippen molar-refractivity contribution in [3.8, 4) is 12.1 Å². The van der Waals surface area contributed by atoms with E-state index in [9.17, 15) is 14.4 Å². The fourth-order valence-corrected chi connectivity index (χ4v) is 2.47. The summed E-state index contributed by atoms with van der Waals surface area (Å²) in [7, 11) is 0. The first-order valence-corrected chi connectivity index (χ1v) is 9.36. The number of hydrogen-bond acceptors (Lipinski definition) is 6. The number of rotatable bonds is 10. The Morgan fingerprint density at radius 2 is 1.62 bits per heavy atom. The Hall–Kier alpha value is -3.39. The summed E-state index contributed by atoms with van der Waals surface area (Å²) < 4.78 is 5.11. The Balaban J connectivity index is 2.70. The van der Waals surface area contributed by atoms with Crippen LogP contribution in [0.15, 0.2) is 24.3 Å². The van der Waals surface area contributed by atoms with Crippen LogP contribution < -0.4 is 5.32 Å². The minimum atomic E-state index is -0.914. The lowest BCUT2D eigenvalue weighted by atomic mass is 10.0. The van der Waals surface area contributed by atoms with Crippen molar-refractivity contribution in [1.29, 1.82) is 10.5 Å². The van der Waals surface area contributed by atoms with Crippen LogP contribution in [0.2, 0.25) is 0 Å². The molecule has 0 aliphatic rings. The smallest absolute Gasteiger partial charge is 0.329 e. The van der Waals surface area contributed by atoms with Gasteiger partial charge in [0, 0.05) is 18.7 Å². The van der Waals surface area contributed by atoms with E-state index in [1.165, 1.54) is 4.90 Å². The summed E-state index contributed by atoms with van der Waals surface area (Å²) in [6.07, 6.45) is 0.235. The molecule has 0 bridgehead atoms. The number of amides is 2. The largest absolute Gasteiger partial charge is 0.454 e. The molecule has 8 nitrogen and oxygen atoms in total. The quantitative estimate of drug-likeness (QED) is 0.601. The Bertz CT molecular complexity index is 772. The van der Waals surface area contributed by atoms with Crippen molar-refractivity contribution >= 4 is 17.8 Å². The highest BCUT2D eigenvalue weighted by Crippen LogP contribution is 2.08. The highest BCUT2D eigenvalue weighted by molar-refractivity contribution is 5.97. The zero-order chi connectivity index (χ0) is 21.8. The Kier molecular flexibility index (Phi) is 9.90. The highest BCUT2D eigenvalue weighted by Gasteiger charge is 2.27. The van der Waals surface area contributed by atoms with Crippen LogP contribution in [0.5, 0.6) is 0 Å². The van der Waals surface area contributed by atoms with Gasteiger partial charge in [0.05, 0.1) is 25.0 Å². The summed E-state index contributed by atoms with van der Waals surface area (Å²) in [4.78, 5) is 38.4. The molecule has 0 saturated heterocycles. The van der Waals surface area contributed by atoms with Crippen molar-refractivity contribution in [1.82, 2.24) is 10.2 Å². The molecule has 1 aromatic carbocycles. The average Bonchev–Trinajstić information content (AvgIpc) is 2.70. The molecule has 1 aromatic rings. The van der Waals surface area contributed by atoms with E-state index in [-0.39, 0.29) is 31.8 Å². The van der Waals surface area contributed by atoms with E-state index in [4.69, 9.17) is 15.3 Å². The van der Waals surface area contributed by atoms with Crippen LogP contribution in [0.3, 0.4) is 0 Å². The number of esters is 1. The lowest BCUT2D eigenvalue weighted by Crippen LogP contribution is -2.46. The molecule has 0 heterocycles. The summed E-state index contributed by atoms with van der Waals surface area (Å²) >= 11 is 0. The van der Waals surface area contributed by atoms with Crippen LogP contribution in [0, 0.1) is 35.5 Å². The van der Waals surface area contributed by atoms with Crippen LogP contribution >= 0.6 is 0 Å². The zero-order valence-corrected chi connectivity index (χ0v) is 17.0. The highest BCUT2D eigenvalue weighted by atomic mass is 16.5. The first-order chi connectivity index (χ1) is 13.8. The van der Waals surface area contributed by atoms with Gasteiger partial charge < -0.3 is 15.0 Å². The van der Waals surface area contributed by atoms with E-state index in [1.807, 2.05) is 19.1 Å². The van der Waals surface area contributed by atoms with Gasteiger partial charge in [-0.1, -0.05) is 31.5 Å². The summed E-state index contributed by atoms with van der Waals surface area (Å²) in [5.41, 5.74) is 1.43. The van der Waals surface area contributed by atoms with Crippen molar-refractivity contribution in [2.45, 2.75) is 39.7 Å². The van der Waals surface area contributed by atoms with E-state index >= 15 is 0 Å².